The molecule has 0 saturated carbocycles. The van der Waals surface area contributed by atoms with Crippen LogP contribution in [-0.2, 0) is 9.59 Å². The topological polar surface area (TPSA) is 144 Å². The third-order valence-corrected chi connectivity index (χ3v) is 3.34. The standard InChI is InChI=1S/C16H14N4O6/c1-9(21)17-15-5-3-11(19(23)24)7-13(15)14-8-12(20(25)26)4-6-16(14)18-10(2)22/h3-8H,1-2H3,(H,17,21)(H,18,22). The second-order valence-electron chi connectivity index (χ2n) is 5.34. The summed E-state index contributed by atoms with van der Waals surface area (Å²) >= 11 is 0. The number of anilines is 2. The van der Waals surface area contributed by atoms with E-state index in [4.69, 9.17) is 0 Å². The molecule has 0 atom stereocenters. The monoisotopic (exact) mass is 358 g/mol. The van der Waals surface area contributed by atoms with Crippen molar-refractivity contribution in [2.75, 3.05) is 10.6 Å². The highest BCUT2D eigenvalue weighted by atomic mass is 16.6. The average molecular weight is 358 g/mol. The minimum Gasteiger partial charge on any atom is -0.326 e. The smallest absolute Gasteiger partial charge is 0.270 e. The second kappa shape index (κ2) is 7.38. The normalized spacial score (nSPS) is 10.1. The average Bonchev–Trinajstić information content (AvgIpc) is 2.54. The van der Waals surface area contributed by atoms with Gasteiger partial charge in [0.15, 0.2) is 0 Å². The predicted molar refractivity (Wildman–Crippen MR) is 93.8 cm³/mol. The molecule has 2 aromatic rings. The van der Waals surface area contributed by atoms with Gasteiger partial charge < -0.3 is 10.6 Å². The lowest BCUT2D eigenvalue weighted by Gasteiger charge is -2.14. The van der Waals surface area contributed by atoms with Crippen LogP contribution < -0.4 is 10.6 Å². The number of nitrogens with zero attached hydrogens (tertiary/aromatic N) is 2. The summed E-state index contributed by atoms with van der Waals surface area (Å²) < 4.78 is 0. The number of benzene rings is 2. The number of nitro benzene ring substituents is 2. The maximum atomic E-state index is 11.4. The first kappa shape index (κ1) is 18.5. The van der Waals surface area contributed by atoms with E-state index in [9.17, 15) is 29.8 Å². The van der Waals surface area contributed by atoms with Crippen LogP contribution in [-0.4, -0.2) is 21.7 Å². The molecule has 0 aromatic heterocycles. The van der Waals surface area contributed by atoms with Crippen LogP contribution in [0.4, 0.5) is 22.7 Å². The zero-order chi connectivity index (χ0) is 19.4. The molecule has 0 unspecified atom stereocenters. The van der Waals surface area contributed by atoms with Crippen LogP contribution in [0.3, 0.4) is 0 Å². The van der Waals surface area contributed by atoms with Crippen molar-refractivity contribution in [3.8, 4) is 11.1 Å². The summed E-state index contributed by atoms with van der Waals surface area (Å²) in [6, 6.07) is 7.40. The van der Waals surface area contributed by atoms with Crippen molar-refractivity contribution in [3.05, 3.63) is 56.6 Å². The van der Waals surface area contributed by atoms with Gasteiger partial charge in [0.2, 0.25) is 11.8 Å². The van der Waals surface area contributed by atoms with Crippen LogP contribution >= 0.6 is 0 Å². The van der Waals surface area contributed by atoms with Gasteiger partial charge in [0.1, 0.15) is 0 Å². The maximum absolute atomic E-state index is 11.4. The van der Waals surface area contributed by atoms with E-state index in [1.165, 1.54) is 50.2 Å². The van der Waals surface area contributed by atoms with Crippen molar-refractivity contribution < 1.29 is 19.4 Å². The number of non-ortho nitro benzene ring substituents is 2. The van der Waals surface area contributed by atoms with Gasteiger partial charge >= 0.3 is 0 Å². The number of nitro groups is 2. The SMILES string of the molecule is CC(=O)Nc1ccc([N+](=O)[O-])cc1-c1cc([N+](=O)[O-])ccc1NC(C)=O. The summed E-state index contributed by atoms with van der Waals surface area (Å²) in [6.45, 7) is 2.51. The van der Waals surface area contributed by atoms with Crippen LogP contribution in [0.25, 0.3) is 11.1 Å². The summed E-state index contributed by atoms with van der Waals surface area (Å²) in [4.78, 5) is 43.8. The number of carbonyl (C=O) groups is 2. The first-order valence-electron chi connectivity index (χ1n) is 7.31. The molecule has 2 aromatic carbocycles. The van der Waals surface area contributed by atoms with Crippen molar-refractivity contribution in [2.45, 2.75) is 13.8 Å². The van der Waals surface area contributed by atoms with Crippen LogP contribution in [0.15, 0.2) is 36.4 Å². The summed E-state index contributed by atoms with van der Waals surface area (Å²) in [7, 11) is 0. The van der Waals surface area contributed by atoms with Crippen LogP contribution in [0, 0.1) is 20.2 Å². The molecule has 0 aliphatic rings. The summed E-state index contributed by atoms with van der Waals surface area (Å²) in [5.41, 5.74) is 0.234. The molecule has 26 heavy (non-hydrogen) atoms. The van der Waals surface area contributed by atoms with Crippen LogP contribution in [0.5, 0.6) is 0 Å². The lowest BCUT2D eigenvalue weighted by Crippen LogP contribution is -2.10. The number of hydrogen-bond donors (Lipinski definition) is 2. The van der Waals surface area contributed by atoms with Gasteiger partial charge in [-0.05, 0) is 12.1 Å². The van der Waals surface area contributed by atoms with E-state index in [1.54, 1.807) is 0 Å². The van der Waals surface area contributed by atoms with Crippen molar-refractivity contribution >= 4 is 34.6 Å². The quantitative estimate of drug-likeness (QED) is 0.620. The fourth-order valence-electron chi connectivity index (χ4n) is 2.33. The highest BCUT2D eigenvalue weighted by Crippen LogP contribution is 2.38. The predicted octanol–water partition coefficient (Wildman–Crippen LogP) is 3.09. The highest BCUT2D eigenvalue weighted by molar-refractivity contribution is 6.00. The minimum atomic E-state index is -0.628. The number of amides is 2. The lowest BCUT2D eigenvalue weighted by molar-refractivity contribution is -0.385. The van der Waals surface area contributed by atoms with E-state index >= 15 is 0 Å². The van der Waals surface area contributed by atoms with E-state index in [0.29, 0.717) is 0 Å². The van der Waals surface area contributed by atoms with Gasteiger partial charge in [-0.1, -0.05) is 0 Å². The van der Waals surface area contributed by atoms with Crippen LogP contribution in [0.2, 0.25) is 0 Å². The third kappa shape index (κ3) is 4.17. The Bertz CT molecular complexity index is 849. The van der Waals surface area contributed by atoms with Gasteiger partial charge in [-0.2, -0.15) is 0 Å². The number of rotatable bonds is 5. The number of nitrogens with one attached hydrogen (secondary N) is 2. The number of carbonyl (C=O) groups excluding carboxylic acids is 2. The third-order valence-electron chi connectivity index (χ3n) is 3.34. The Morgan fingerprint density at radius 1 is 0.769 bits per heavy atom. The van der Waals surface area contributed by atoms with Gasteiger partial charge in [-0.3, -0.25) is 29.8 Å². The molecule has 0 aliphatic heterocycles. The van der Waals surface area contributed by atoms with Gasteiger partial charge in [-0.25, -0.2) is 0 Å². The van der Waals surface area contributed by atoms with Crippen molar-refractivity contribution in [3.63, 3.8) is 0 Å². The van der Waals surface area contributed by atoms with Crippen molar-refractivity contribution in [1.29, 1.82) is 0 Å². The van der Waals surface area contributed by atoms with E-state index < -0.39 is 21.7 Å². The summed E-state index contributed by atoms with van der Waals surface area (Å²) in [6.07, 6.45) is 0. The Morgan fingerprint density at radius 3 is 1.38 bits per heavy atom. The Labute approximate surface area is 147 Å². The number of hydrogen-bond acceptors (Lipinski definition) is 6. The Hall–Kier alpha value is -3.82. The molecule has 0 heterocycles. The van der Waals surface area contributed by atoms with E-state index in [0.717, 1.165) is 0 Å². The molecular weight excluding hydrogens is 344 g/mol. The Kier molecular flexibility index (Phi) is 5.26. The molecule has 10 heteroatoms. The fourth-order valence-corrected chi connectivity index (χ4v) is 2.33. The lowest BCUT2D eigenvalue weighted by atomic mass is 9.99. The van der Waals surface area contributed by atoms with Crippen molar-refractivity contribution in [2.24, 2.45) is 0 Å². The van der Waals surface area contributed by atoms with Gasteiger partial charge in [0.05, 0.1) is 9.85 Å². The molecule has 0 bridgehead atoms. The molecule has 134 valence electrons. The summed E-state index contributed by atoms with van der Waals surface area (Å²) in [5.74, 6) is -0.849. The first-order valence-corrected chi connectivity index (χ1v) is 7.31. The zero-order valence-electron chi connectivity index (χ0n) is 13.8. The van der Waals surface area contributed by atoms with E-state index in [1.807, 2.05) is 0 Å². The molecule has 0 spiro atoms. The highest BCUT2D eigenvalue weighted by Gasteiger charge is 2.19. The van der Waals surface area contributed by atoms with Gasteiger partial charge in [-0.15, -0.1) is 0 Å². The molecule has 0 radical (unpaired) electrons. The fraction of sp³-hybridized carbons (Fsp3) is 0.125. The largest absolute Gasteiger partial charge is 0.326 e. The van der Waals surface area contributed by atoms with Gasteiger partial charge in [0, 0.05) is 60.6 Å². The first-order chi connectivity index (χ1) is 12.2. The van der Waals surface area contributed by atoms with Crippen molar-refractivity contribution in [1.82, 2.24) is 0 Å². The zero-order valence-corrected chi connectivity index (χ0v) is 13.8. The molecule has 10 nitrogen and oxygen atoms in total. The van der Waals surface area contributed by atoms with Gasteiger partial charge in [0.25, 0.3) is 11.4 Å². The summed E-state index contributed by atoms with van der Waals surface area (Å²) in [5, 5.41) is 27.2. The maximum Gasteiger partial charge on any atom is 0.270 e. The second-order valence-corrected chi connectivity index (χ2v) is 5.34. The molecule has 0 saturated heterocycles. The van der Waals surface area contributed by atoms with E-state index in [-0.39, 0.29) is 33.9 Å². The molecule has 0 aliphatic carbocycles. The Balaban J connectivity index is 2.77. The molecule has 2 rings (SSSR count). The molecule has 2 N–H and O–H groups in total. The molecule has 2 amide bonds. The Morgan fingerprint density at radius 2 is 1.12 bits per heavy atom. The van der Waals surface area contributed by atoms with E-state index in [2.05, 4.69) is 10.6 Å². The molecule has 0 fully saturated rings. The van der Waals surface area contributed by atoms with Crippen LogP contribution in [0.1, 0.15) is 13.8 Å². The minimum absolute atomic E-state index is 0.168. The molecular formula is C16H14N4O6.